The smallest absolute Gasteiger partial charge is 0.253 e. The third-order valence-corrected chi connectivity index (χ3v) is 5.62. The SMILES string of the molecule is CN(C)CC(=O)N1[C@H](C#N)[C@@H](c2ccc(-c3cccc(C(=O)N(C)C)c3)cc2)[C@H]1CO. The zero-order valence-electron chi connectivity index (χ0n) is 18.3. The van der Waals surface area contributed by atoms with Crippen molar-refractivity contribution in [3.05, 3.63) is 59.7 Å². The molecule has 162 valence electrons. The Bertz CT molecular complexity index is 995. The molecule has 1 saturated heterocycles. The number of benzene rings is 2. The van der Waals surface area contributed by atoms with Crippen LogP contribution in [0.2, 0.25) is 0 Å². The Hall–Kier alpha value is -3.21. The van der Waals surface area contributed by atoms with Crippen molar-refractivity contribution in [3.8, 4) is 17.2 Å². The highest BCUT2D eigenvalue weighted by atomic mass is 16.3. The summed E-state index contributed by atoms with van der Waals surface area (Å²) in [5.74, 6) is -0.458. The maximum Gasteiger partial charge on any atom is 0.253 e. The van der Waals surface area contributed by atoms with E-state index in [-0.39, 0.29) is 30.9 Å². The fourth-order valence-corrected chi connectivity index (χ4v) is 4.09. The molecule has 31 heavy (non-hydrogen) atoms. The number of carbonyl (C=O) groups excluding carboxylic acids is 2. The summed E-state index contributed by atoms with van der Waals surface area (Å²) in [6.45, 7) is 0.000800. The number of nitriles is 1. The van der Waals surface area contributed by atoms with Gasteiger partial charge in [-0.1, -0.05) is 36.4 Å². The van der Waals surface area contributed by atoms with Crippen molar-refractivity contribution < 1.29 is 14.7 Å². The molecule has 1 fully saturated rings. The lowest BCUT2D eigenvalue weighted by Crippen LogP contribution is -2.66. The van der Waals surface area contributed by atoms with Gasteiger partial charge in [0.2, 0.25) is 5.91 Å². The second-order valence-electron chi connectivity index (χ2n) is 8.29. The number of likely N-dealkylation sites (N-methyl/N-ethyl adjacent to an activating group) is 1. The Balaban J connectivity index is 1.83. The van der Waals surface area contributed by atoms with Gasteiger partial charge < -0.3 is 19.8 Å². The first-order valence-electron chi connectivity index (χ1n) is 10.2. The summed E-state index contributed by atoms with van der Waals surface area (Å²) >= 11 is 0. The molecule has 1 aliphatic rings. The van der Waals surface area contributed by atoms with Gasteiger partial charge >= 0.3 is 0 Å². The van der Waals surface area contributed by atoms with Gasteiger partial charge in [-0.25, -0.2) is 0 Å². The largest absolute Gasteiger partial charge is 0.394 e. The van der Waals surface area contributed by atoms with Crippen molar-refractivity contribution in [2.45, 2.75) is 18.0 Å². The maximum absolute atomic E-state index is 12.5. The quantitative estimate of drug-likeness (QED) is 0.770. The average molecular weight is 421 g/mol. The highest BCUT2D eigenvalue weighted by Crippen LogP contribution is 2.41. The summed E-state index contributed by atoms with van der Waals surface area (Å²) in [7, 11) is 7.03. The first-order valence-corrected chi connectivity index (χ1v) is 10.2. The molecule has 0 unspecified atom stereocenters. The van der Waals surface area contributed by atoms with E-state index in [2.05, 4.69) is 6.07 Å². The Morgan fingerprint density at radius 2 is 1.74 bits per heavy atom. The van der Waals surface area contributed by atoms with Gasteiger partial charge in [-0.3, -0.25) is 9.59 Å². The van der Waals surface area contributed by atoms with Crippen LogP contribution in [-0.4, -0.2) is 85.0 Å². The molecule has 0 aromatic heterocycles. The second kappa shape index (κ2) is 9.29. The van der Waals surface area contributed by atoms with Crippen LogP contribution < -0.4 is 0 Å². The van der Waals surface area contributed by atoms with Crippen LogP contribution in [0.15, 0.2) is 48.5 Å². The van der Waals surface area contributed by atoms with Crippen LogP contribution in [-0.2, 0) is 4.79 Å². The van der Waals surface area contributed by atoms with Crippen LogP contribution in [0.3, 0.4) is 0 Å². The van der Waals surface area contributed by atoms with Gasteiger partial charge in [-0.15, -0.1) is 0 Å². The molecule has 7 heteroatoms. The number of carbonyl (C=O) groups is 2. The van der Waals surface area contributed by atoms with E-state index in [1.807, 2.05) is 42.5 Å². The molecule has 2 aromatic carbocycles. The number of aliphatic hydroxyl groups excluding tert-OH is 1. The first kappa shape index (κ1) is 22.5. The molecule has 0 saturated carbocycles. The van der Waals surface area contributed by atoms with E-state index >= 15 is 0 Å². The third kappa shape index (κ3) is 4.46. The van der Waals surface area contributed by atoms with Crippen molar-refractivity contribution in [2.24, 2.45) is 0 Å². The summed E-state index contributed by atoms with van der Waals surface area (Å²) in [4.78, 5) is 29.5. The van der Waals surface area contributed by atoms with Gasteiger partial charge in [-0.05, 0) is 42.9 Å². The number of amides is 2. The van der Waals surface area contributed by atoms with Crippen molar-refractivity contribution in [1.29, 1.82) is 5.26 Å². The second-order valence-corrected chi connectivity index (χ2v) is 8.29. The molecule has 1 aliphatic heterocycles. The maximum atomic E-state index is 12.5. The average Bonchev–Trinajstić information content (AvgIpc) is 2.73. The van der Waals surface area contributed by atoms with Crippen LogP contribution in [0.4, 0.5) is 0 Å². The zero-order valence-corrected chi connectivity index (χ0v) is 18.3. The number of likely N-dealkylation sites (tertiary alicyclic amines) is 1. The minimum absolute atomic E-state index is 0.0573. The summed E-state index contributed by atoms with van der Waals surface area (Å²) in [5, 5.41) is 19.6. The fourth-order valence-electron chi connectivity index (χ4n) is 4.09. The monoisotopic (exact) mass is 420 g/mol. The predicted molar refractivity (Wildman–Crippen MR) is 118 cm³/mol. The van der Waals surface area contributed by atoms with Gasteiger partial charge in [0.15, 0.2) is 0 Å². The molecule has 2 aromatic rings. The normalized spacial score (nSPS) is 20.2. The van der Waals surface area contributed by atoms with Crippen molar-refractivity contribution in [2.75, 3.05) is 41.3 Å². The molecule has 3 atom stereocenters. The molecule has 0 bridgehead atoms. The molecule has 2 amide bonds. The number of hydrogen-bond donors (Lipinski definition) is 1. The van der Waals surface area contributed by atoms with Gasteiger partial charge in [0.1, 0.15) is 6.04 Å². The first-order chi connectivity index (χ1) is 14.8. The number of rotatable bonds is 6. The van der Waals surface area contributed by atoms with Crippen LogP contribution in [0.5, 0.6) is 0 Å². The standard InChI is InChI=1S/C24H28N4O3/c1-26(2)14-22(30)28-20(13-25)23(21(28)15-29)17-10-8-16(9-11-17)18-6-5-7-19(12-18)24(31)27(3)4/h5-12,20-21,23,29H,14-15H2,1-4H3/t20-,21-,23-/m1/s1. The Morgan fingerprint density at radius 3 is 2.29 bits per heavy atom. The van der Waals surface area contributed by atoms with Crippen LogP contribution in [0, 0.1) is 11.3 Å². The van der Waals surface area contributed by atoms with Gasteiger partial charge in [-0.2, -0.15) is 5.26 Å². The molecule has 3 rings (SSSR count). The molecule has 0 aliphatic carbocycles. The summed E-state index contributed by atoms with van der Waals surface area (Å²) < 4.78 is 0. The number of aliphatic hydroxyl groups is 1. The van der Waals surface area contributed by atoms with Crippen molar-refractivity contribution >= 4 is 11.8 Å². The van der Waals surface area contributed by atoms with E-state index in [0.29, 0.717) is 5.56 Å². The van der Waals surface area contributed by atoms with E-state index < -0.39 is 12.1 Å². The highest BCUT2D eigenvalue weighted by molar-refractivity contribution is 5.95. The van der Waals surface area contributed by atoms with Crippen molar-refractivity contribution in [1.82, 2.24) is 14.7 Å². The van der Waals surface area contributed by atoms with Gasteiger partial charge in [0.05, 0.1) is 25.3 Å². The molecule has 7 nitrogen and oxygen atoms in total. The molecule has 1 N–H and O–H groups in total. The molecule has 0 radical (unpaired) electrons. The molecule has 1 heterocycles. The molecule has 0 spiro atoms. The van der Waals surface area contributed by atoms with E-state index in [1.54, 1.807) is 44.1 Å². The lowest BCUT2D eigenvalue weighted by molar-refractivity contribution is -0.147. The minimum Gasteiger partial charge on any atom is -0.394 e. The minimum atomic E-state index is -0.600. The summed E-state index contributed by atoms with van der Waals surface area (Å²) in [6.07, 6.45) is 0. The summed E-state index contributed by atoms with van der Waals surface area (Å²) in [5.41, 5.74) is 3.39. The van der Waals surface area contributed by atoms with Crippen LogP contribution in [0.1, 0.15) is 21.8 Å². The topological polar surface area (TPSA) is 87.9 Å². The van der Waals surface area contributed by atoms with Crippen LogP contribution in [0.25, 0.3) is 11.1 Å². The highest BCUT2D eigenvalue weighted by Gasteiger charge is 2.51. The predicted octanol–water partition coefficient (Wildman–Crippen LogP) is 1.80. The van der Waals surface area contributed by atoms with E-state index in [1.165, 1.54) is 4.90 Å². The zero-order chi connectivity index (χ0) is 22.7. The number of nitrogens with zero attached hydrogens (tertiary/aromatic N) is 4. The van der Waals surface area contributed by atoms with E-state index in [4.69, 9.17) is 0 Å². The Labute approximate surface area is 183 Å². The lowest BCUT2D eigenvalue weighted by Gasteiger charge is -2.51. The van der Waals surface area contributed by atoms with E-state index in [0.717, 1.165) is 16.7 Å². The Kier molecular flexibility index (Phi) is 6.74. The van der Waals surface area contributed by atoms with Gasteiger partial charge in [0.25, 0.3) is 5.91 Å². The molecular weight excluding hydrogens is 392 g/mol. The number of hydrogen-bond acceptors (Lipinski definition) is 5. The van der Waals surface area contributed by atoms with Crippen molar-refractivity contribution in [3.63, 3.8) is 0 Å². The van der Waals surface area contributed by atoms with E-state index in [9.17, 15) is 20.0 Å². The fraction of sp³-hybridized carbons (Fsp3) is 0.375. The Morgan fingerprint density at radius 1 is 1.06 bits per heavy atom. The lowest BCUT2D eigenvalue weighted by atomic mass is 9.75. The third-order valence-electron chi connectivity index (χ3n) is 5.62. The van der Waals surface area contributed by atoms with Crippen LogP contribution >= 0.6 is 0 Å². The summed E-state index contributed by atoms with van der Waals surface area (Å²) in [6, 6.07) is 16.4. The van der Waals surface area contributed by atoms with Gasteiger partial charge in [0, 0.05) is 25.6 Å². The molecular formula is C24H28N4O3.